The van der Waals surface area contributed by atoms with Gasteiger partial charge in [-0.15, -0.1) is 0 Å². The van der Waals surface area contributed by atoms with Crippen molar-refractivity contribution in [3.05, 3.63) is 48.0 Å². The zero-order valence-electron chi connectivity index (χ0n) is 10.3. The van der Waals surface area contributed by atoms with Gasteiger partial charge in [0.2, 0.25) is 0 Å². The van der Waals surface area contributed by atoms with Crippen LogP contribution < -0.4 is 15.8 Å². The Labute approximate surface area is 114 Å². The van der Waals surface area contributed by atoms with Gasteiger partial charge >= 0.3 is 6.61 Å². The summed E-state index contributed by atoms with van der Waals surface area (Å²) in [6.07, 6.45) is 0. The second kappa shape index (κ2) is 5.89. The average molecular weight is 275 g/mol. The minimum Gasteiger partial charge on any atom is -0.433 e. The van der Waals surface area contributed by atoms with Gasteiger partial charge in [0.1, 0.15) is 5.75 Å². The highest BCUT2D eigenvalue weighted by molar-refractivity contribution is 5.76. The predicted molar refractivity (Wildman–Crippen MR) is 71.9 cm³/mol. The van der Waals surface area contributed by atoms with Crippen LogP contribution >= 0.6 is 0 Å². The number of benzene rings is 2. The molecule has 3 N–H and O–H groups in total. The third kappa shape index (κ3) is 3.14. The van der Waals surface area contributed by atoms with Gasteiger partial charge in [-0.2, -0.15) is 14.0 Å². The lowest BCUT2D eigenvalue weighted by Crippen LogP contribution is -2.05. The molecular formula is C14H11F2N3O. The molecule has 0 unspecified atom stereocenters. The normalized spacial score (nSPS) is 10.1. The van der Waals surface area contributed by atoms with Gasteiger partial charge in [-0.3, -0.25) is 0 Å². The summed E-state index contributed by atoms with van der Waals surface area (Å²) in [4.78, 5) is 0. The highest BCUT2D eigenvalue weighted by Gasteiger charge is 2.10. The Morgan fingerprint density at radius 3 is 2.55 bits per heavy atom. The van der Waals surface area contributed by atoms with Crippen molar-refractivity contribution < 1.29 is 13.5 Å². The van der Waals surface area contributed by atoms with Crippen molar-refractivity contribution in [1.29, 1.82) is 5.26 Å². The Morgan fingerprint density at radius 1 is 1.15 bits per heavy atom. The molecule has 0 spiro atoms. The van der Waals surface area contributed by atoms with E-state index in [0.29, 0.717) is 22.6 Å². The molecule has 20 heavy (non-hydrogen) atoms. The number of nitriles is 1. The first-order valence-corrected chi connectivity index (χ1v) is 5.70. The smallest absolute Gasteiger partial charge is 0.387 e. The van der Waals surface area contributed by atoms with E-state index in [1.54, 1.807) is 30.3 Å². The van der Waals surface area contributed by atoms with E-state index in [2.05, 4.69) is 10.1 Å². The van der Waals surface area contributed by atoms with Crippen LogP contribution in [0.1, 0.15) is 5.56 Å². The van der Waals surface area contributed by atoms with Gasteiger partial charge in [0.25, 0.3) is 0 Å². The first-order chi connectivity index (χ1) is 9.60. The number of hydrogen-bond acceptors (Lipinski definition) is 4. The molecule has 0 bridgehead atoms. The van der Waals surface area contributed by atoms with Crippen LogP contribution in [0.5, 0.6) is 5.75 Å². The zero-order chi connectivity index (χ0) is 14.5. The predicted octanol–water partition coefficient (Wildman–Crippen LogP) is 3.49. The third-order valence-electron chi connectivity index (χ3n) is 2.55. The van der Waals surface area contributed by atoms with Crippen LogP contribution in [-0.2, 0) is 0 Å². The second-order valence-electron chi connectivity index (χ2n) is 3.91. The number of rotatable bonds is 4. The van der Waals surface area contributed by atoms with E-state index >= 15 is 0 Å². The van der Waals surface area contributed by atoms with E-state index in [9.17, 15) is 8.78 Å². The number of nitrogen functional groups attached to an aromatic ring is 1. The molecule has 0 fully saturated rings. The van der Waals surface area contributed by atoms with Crippen LogP contribution in [-0.4, -0.2) is 6.61 Å². The molecular weight excluding hydrogens is 264 g/mol. The van der Waals surface area contributed by atoms with Crippen molar-refractivity contribution in [2.24, 2.45) is 0 Å². The lowest BCUT2D eigenvalue weighted by Gasteiger charge is -2.14. The average Bonchev–Trinajstić information content (AvgIpc) is 2.42. The molecule has 0 aliphatic rings. The van der Waals surface area contributed by atoms with Gasteiger partial charge in [0.15, 0.2) is 0 Å². The maximum atomic E-state index is 12.3. The monoisotopic (exact) mass is 275 g/mol. The van der Waals surface area contributed by atoms with Crippen molar-refractivity contribution in [2.75, 3.05) is 11.1 Å². The molecule has 102 valence electrons. The standard InChI is InChI=1S/C14H11F2N3O/c15-14(16)20-13-4-2-1-3-12(13)19-11-6-5-9(8-17)7-10(11)18/h1-7,14,19H,18H2. The Balaban J connectivity index is 2.28. The molecule has 0 amide bonds. The third-order valence-corrected chi connectivity index (χ3v) is 2.55. The van der Waals surface area contributed by atoms with Crippen LogP contribution in [0, 0.1) is 11.3 Å². The summed E-state index contributed by atoms with van der Waals surface area (Å²) in [5.74, 6) is 0.0197. The largest absolute Gasteiger partial charge is 0.433 e. The Kier molecular flexibility index (Phi) is 4.01. The van der Waals surface area contributed by atoms with Crippen molar-refractivity contribution in [2.45, 2.75) is 6.61 Å². The fourth-order valence-corrected chi connectivity index (χ4v) is 1.66. The molecule has 0 saturated heterocycles. The number of para-hydroxylation sites is 2. The maximum Gasteiger partial charge on any atom is 0.387 e. The van der Waals surface area contributed by atoms with Crippen LogP contribution in [0.15, 0.2) is 42.5 Å². The van der Waals surface area contributed by atoms with Gasteiger partial charge < -0.3 is 15.8 Å². The molecule has 2 rings (SSSR count). The lowest BCUT2D eigenvalue weighted by molar-refractivity contribution is -0.0493. The summed E-state index contributed by atoms with van der Waals surface area (Å²) >= 11 is 0. The van der Waals surface area contributed by atoms with E-state index in [4.69, 9.17) is 11.0 Å². The summed E-state index contributed by atoms with van der Waals surface area (Å²) in [6.45, 7) is -2.91. The molecule has 2 aromatic rings. The lowest BCUT2D eigenvalue weighted by atomic mass is 10.2. The van der Waals surface area contributed by atoms with E-state index < -0.39 is 6.61 Å². The molecule has 0 heterocycles. The van der Waals surface area contributed by atoms with Gasteiger partial charge in [0, 0.05) is 0 Å². The minimum absolute atomic E-state index is 0.0197. The SMILES string of the molecule is N#Cc1ccc(Nc2ccccc2OC(F)F)c(N)c1. The number of anilines is 3. The van der Waals surface area contributed by atoms with Gasteiger partial charge in [-0.05, 0) is 30.3 Å². The van der Waals surface area contributed by atoms with Crippen LogP contribution in [0.25, 0.3) is 0 Å². The molecule has 2 aromatic carbocycles. The number of ether oxygens (including phenoxy) is 1. The number of nitrogens with two attached hydrogens (primary N) is 1. The summed E-state index contributed by atoms with van der Waals surface area (Å²) in [7, 11) is 0. The van der Waals surface area contributed by atoms with Crippen LogP contribution in [0.2, 0.25) is 0 Å². The fraction of sp³-hybridized carbons (Fsp3) is 0.0714. The first kappa shape index (κ1) is 13.6. The van der Waals surface area contributed by atoms with Crippen molar-refractivity contribution in [3.63, 3.8) is 0 Å². The van der Waals surface area contributed by atoms with Crippen LogP contribution in [0.4, 0.5) is 25.8 Å². The highest BCUT2D eigenvalue weighted by Crippen LogP contribution is 2.31. The summed E-state index contributed by atoms with van der Waals surface area (Å²) in [6, 6.07) is 12.9. The number of nitrogens with zero attached hydrogens (tertiary/aromatic N) is 1. The number of nitrogens with one attached hydrogen (secondary N) is 1. The molecule has 0 aliphatic carbocycles. The Bertz CT molecular complexity index is 653. The summed E-state index contributed by atoms with van der Waals surface area (Å²) < 4.78 is 29.0. The number of hydrogen-bond donors (Lipinski definition) is 2. The molecule has 0 radical (unpaired) electrons. The molecule has 0 aromatic heterocycles. The fourth-order valence-electron chi connectivity index (χ4n) is 1.66. The van der Waals surface area contributed by atoms with E-state index in [1.807, 2.05) is 6.07 Å². The molecule has 4 nitrogen and oxygen atoms in total. The van der Waals surface area contributed by atoms with Gasteiger partial charge in [0.05, 0.1) is 28.7 Å². The maximum absolute atomic E-state index is 12.3. The quantitative estimate of drug-likeness (QED) is 0.838. The molecule has 0 atom stereocenters. The van der Waals surface area contributed by atoms with Crippen molar-refractivity contribution >= 4 is 17.1 Å². The van der Waals surface area contributed by atoms with Crippen LogP contribution in [0.3, 0.4) is 0 Å². The topological polar surface area (TPSA) is 71.1 Å². The molecule has 6 heteroatoms. The number of alkyl halides is 2. The van der Waals surface area contributed by atoms with Crippen molar-refractivity contribution in [3.8, 4) is 11.8 Å². The van der Waals surface area contributed by atoms with Gasteiger partial charge in [-0.25, -0.2) is 0 Å². The van der Waals surface area contributed by atoms with E-state index in [-0.39, 0.29) is 5.75 Å². The van der Waals surface area contributed by atoms with E-state index in [1.165, 1.54) is 12.1 Å². The summed E-state index contributed by atoms with van der Waals surface area (Å²) in [5.41, 5.74) is 7.43. The minimum atomic E-state index is -2.91. The first-order valence-electron chi connectivity index (χ1n) is 5.70. The van der Waals surface area contributed by atoms with Gasteiger partial charge in [-0.1, -0.05) is 12.1 Å². The van der Waals surface area contributed by atoms with Crippen molar-refractivity contribution in [1.82, 2.24) is 0 Å². The molecule has 0 aliphatic heterocycles. The molecule has 0 saturated carbocycles. The highest BCUT2D eigenvalue weighted by atomic mass is 19.3. The Hall–Kier alpha value is -2.81. The number of halogens is 2. The Morgan fingerprint density at radius 2 is 1.90 bits per heavy atom. The van der Waals surface area contributed by atoms with E-state index in [0.717, 1.165) is 0 Å². The second-order valence-corrected chi connectivity index (χ2v) is 3.91. The summed E-state index contributed by atoms with van der Waals surface area (Å²) in [5, 5.41) is 11.7. The zero-order valence-corrected chi connectivity index (χ0v) is 10.3.